The quantitative estimate of drug-likeness (QED) is 0.926. The van der Waals surface area contributed by atoms with E-state index in [1.165, 1.54) is 5.56 Å². The Hall–Kier alpha value is -1.55. The predicted octanol–water partition coefficient (Wildman–Crippen LogP) is 2.69. The van der Waals surface area contributed by atoms with Gasteiger partial charge < -0.3 is 9.84 Å². The van der Waals surface area contributed by atoms with Crippen LogP contribution in [-0.2, 0) is 11.3 Å². The van der Waals surface area contributed by atoms with E-state index in [1.54, 1.807) is 7.11 Å². The van der Waals surface area contributed by atoms with Crippen LogP contribution in [0.5, 0.6) is 5.75 Å². The lowest BCUT2D eigenvalue weighted by molar-refractivity contribution is -0.149. The van der Waals surface area contributed by atoms with Crippen molar-refractivity contribution in [2.45, 2.75) is 32.7 Å². The van der Waals surface area contributed by atoms with Gasteiger partial charge in [0.05, 0.1) is 12.5 Å². The lowest BCUT2D eigenvalue weighted by Gasteiger charge is -2.23. The molecule has 0 spiro atoms. The second-order valence-electron chi connectivity index (χ2n) is 6.54. The third-order valence-corrected chi connectivity index (χ3v) is 5.20. The van der Waals surface area contributed by atoms with Gasteiger partial charge in [-0.1, -0.05) is 24.1 Å². The molecule has 1 N–H and O–H groups in total. The van der Waals surface area contributed by atoms with Crippen LogP contribution in [0.4, 0.5) is 0 Å². The number of carboxylic acids is 1. The van der Waals surface area contributed by atoms with Crippen LogP contribution in [-0.4, -0.2) is 36.2 Å². The number of likely N-dealkylation sites (tertiary alicyclic amines) is 1. The Morgan fingerprint density at radius 1 is 1.52 bits per heavy atom. The zero-order valence-corrected chi connectivity index (χ0v) is 12.8. The standard InChI is InChI=1S/C17H23NO3/c1-12-5-6-15(21-2)13(8-12)9-18-10-14-4-3-7-17(14,11-18)16(19)20/h5-6,8,14H,3-4,7,9-11H2,1-2H3,(H,19,20)/t14-,17+/m0/s1. The molecule has 0 aromatic heterocycles. The van der Waals surface area contributed by atoms with Crippen molar-refractivity contribution in [2.24, 2.45) is 11.3 Å². The van der Waals surface area contributed by atoms with Crippen LogP contribution in [0.3, 0.4) is 0 Å². The van der Waals surface area contributed by atoms with Crippen LogP contribution in [0.25, 0.3) is 0 Å². The molecule has 0 unspecified atom stereocenters. The highest BCUT2D eigenvalue weighted by molar-refractivity contribution is 5.76. The van der Waals surface area contributed by atoms with Crippen LogP contribution in [0.1, 0.15) is 30.4 Å². The number of fused-ring (bicyclic) bond motifs is 1. The highest BCUT2D eigenvalue weighted by Gasteiger charge is 2.54. The molecule has 21 heavy (non-hydrogen) atoms. The molecule has 0 radical (unpaired) electrons. The zero-order chi connectivity index (χ0) is 15.0. The molecular formula is C17H23NO3. The zero-order valence-electron chi connectivity index (χ0n) is 12.8. The van der Waals surface area contributed by atoms with E-state index in [1.807, 2.05) is 12.1 Å². The number of carboxylic acid groups (broad SMARTS) is 1. The van der Waals surface area contributed by atoms with Gasteiger partial charge in [0.25, 0.3) is 0 Å². The molecule has 4 heteroatoms. The number of nitrogens with zero attached hydrogens (tertiary/aromatic N) is 1. The minimum atomic E-state index is -0.608. The monoisotopic (exact) mass is 289 g/mol. The number of aryl methyl sites for hydroxylation is 1. The average molecular weight is 289 g/mol. The van der Waals surface area contributed by atoms with Crippen molar-refractivity contribution >= 4 is 5.97 Å². The highest BCUT2D eigenvalue weighted by atomic mass is 16.5. The van der Waals surface area contributed by atoms with E-state index in [-0.39, 0.29) is 0 Å². The normalized spacial score (nSPS) is 28.6. The van der Waals surface area contributed by atoms with Crippen molar-refractivity contribution in [2.75, 3.05) is 20.2 Å². The predicted molar refractivity (Wildman–Crippen MR) is 80.4 cm³/mol. The summed E-state index contributed by atoms with van der Waals surface area (Å²) in [5, 5.41) is 9.65. The van der Waals surface area contributed by atoms with Gasteiger partial charge in [-0.15, -0.1) is 0 Å². The first-order chi connectivity index (χ1) is 10.0. The Morgan fingerprint density at radius 3 is 3.00 bits per heavy atom. The van der Waals surface area contributed by atoms with Crippen molar-refractivity contribution in [3.63, 3.8) is 0 Å². The summed E-state index contributed by atoms with van der Waals surface area (Å²) in [5.41, 5.74) is 1.85. The summed E-state index contributed by atoms with van der Waals surface area (Å²) in [4.78, 5) is 14.0. The minimum Gasteiger partial charge on any atom is -0.496 e. The summed E-state index contributed by atoms with van der Waals surface area (Å²) in [6.45, 7) is 4.41. The van der Waals surface area contributed by atoms with Crippen LogP contribution in [0, 0.1) is 18.3 Å². The second-order valence-corrected chi connectivity index (χ2v) is 6.54. The maximum absolute atomic E-state index is 11.7. The molecular weight excluding hydrogens is 266 g/mol. The molecule has 1 aromatic carbocycles. The third-order valence-electron chi connectivity index (χ3n) is 5.20. The molecule has 114 valence electrons. The number of carbonyl (C=O) groups is 1. The van der Waals surface area contributed by atoms with Gasteiger partial charge in [-0.05, 0) is 31.7 Å². The lowest BCUT2D eigenvalue weighted by atomic mass is 9.81. The fourth-order valence-electron chi connectivity index (χ4n) is 4.14. The maximum atomic E-state index is 11.7. The van der Waals surface area contributed by atoms with Crippen LogP contribution < -0.4 is 4.74 Å². The third kappa shape index (κ3) is 2.42. The van der Waals surface area contributed by atoms with Crippen molar-refractivity contribution in [1.82, 2.24) is 4.90 Å². The number of methoxy groups -OCH3 is 1. The van der Waals surface area contributed by atoms with E-state index in [9.17, 15) is 9.90 Å². The summed E-state index contributed by atoms with van der Waals surface area (Å²) < 4.78 is 5.43. The number of rotatable bonds is 4. The van der Waals surface area contributed by atoms with Gasteiger partial charge in [0, 0.05) is 25.2 Å². The van der Waals surface area contributed by atoms with Gasteiger partial charge in [-0.25, -0.2) is 0 Å². The Morgan fingerprint density at radius 2 is 2.33 bits per heavy atom. The molecule has 2 fully saturated rings. The van der Waals surface area contributed by atoms with Gasteiger partial charge in [0.15, 0.2) is 0 Å². The van der Waals surface area contributed by atoms with E-state index in [2.05, 4.69) is 17.9 Å². The molecule has 2 aliphatic rings. The molecule has 1 saturated heterocycles. The smallest absolute Gasteiger partial charge is 0.311 e. The highest BCUT2D eigenvalue weighted by Crippen LogP contribution is 2.49. The molecule has 1 aliphatic carbocycles. The molecule has 2 atom stereocenters. The van der Waals surface area contributed by atoms with E-state index in [4.69, 9.17) is 4.74 Å². The summed E-state index contributed by atoms with van der Waals surface area (Å²) >= 11 is 0. The first kappa shape index (κ1) is 14.4. The van der Waals surface area contributed by atoms with Gasteiger partial charge in [-0.2, -0.15) is 0 Å². The van der Waals surface area contributed by atoms with E-state index >= 15 is 0 Å². The summed E-state index contributed by atoms with van der Waals surface area (Å²) in [6.07, 6.45) is 2.93. The molecule has 1 aliphatic heterocycles. The fraction of sp³-hybridized carbons (Fsp3) is 0.588. The van der Waals surface area contributed by atoms with Gasteiger partial charge in [0.1, 0.15) is 5.75 Å². The first-order valence-corrected chi connectivity index (χ1v) is 7.64. The van der Waals surface area contributed by atoms with Gasteiger partial charge in [0.2, 0.25) is 0 Å². The molecule has 1 heterocycles. The second kappa shape index (κ2) is 5.34. The average Bonchev–Trinajstić information content (AvgIpc) is 2.96. The molecule has 0 bridgehead atoms. The molecule has 4 nitrogen and oxygen atoms in total. The van der Waals surface area contributed by atoms with Crippen LogP contribution >= 0.6 is 0 Å². The molecule has 3 rings (SSSR count). The Balaban J connectivity index is 1.79. The SMILES string of the molecule is COc1ccc(C)cc1CN1C[C@@H]2CCC[C@@]2(C(=O)O)C1. The lowest BCUT2D eigenvalue weighted by Crippen LogP contribution is -2.35. The number of ether oxygens (including phenoxy) is 1. The number of hydrogen-bond acceptors (Lipinski definition) is 3. The van der Waals surface area contributed by atoms with Crippen molar-refractivity contribution < 1.29 is 14.6 Å². The van der Waals surface area contributed by atoms with E-state index in [0.717, 1.165) is 43.7 Å². The fourth-order valence-corrected chi connectivity index (χ4v) is 4.14. The number of aliphatic carboxylic acids is 1. The van der Waals surface area contributed by atoms with Crippen LogP contribution in [0.15, 0.2) is 18.2 Å². The summed E-state index contributed by atoms with van der Waals surface area (Å²) in [7, 11) is 1.69. The largest absolute Gasteiger partial charge is 0.496 e. The minimum absolute atomic E-state index is 0.311. The van der Waals surface area contributed by atoms with Crippen molar-refractivity contribution in [1.29, 1.82) is 0 Å². The summed E-state index contributed by atoms with van der Waals surface area (Å²) in [6, 6.07) is 6.18. The first-order valence-electron chi connectivity index (χ1n) is 7.64. The van der Waals surface area contributed by atoms with Gasteiger partial charge >= 0.3 is 5.97 Å². The van der Waals surface area contributed by atoms with Crippen molar-refractivity contribution in [3.05, 3.63) is 29.3 Å². The Labute approximate surface area is 125 Å². The Bertz CT molecular complexity index is 557. The van der Waals surface area contributed by atoms with E-state index < -0.39 is 11.4 Å². The summed E-state index contributed by atoms with van der Waals surface area (Å²) in [5.74, 6) is 0.594. The molecule has 1 aromatic rings. The maximum Gasteiger partial charge on any atom is 0.311 e. The molecule has 0 amide bonds. The molecule has 1 saturated carbocycles. The van der Waals surface area contributed by atoms with Gasteiger partial charge in [-0.3, -0.25) is 9.69 Å². The van der Waals surface area contributed by atoms with Crippen LogP contribution in [0.2, 0.25) is 0 Å². The topological polar surface area (TPSA) is 49.8 Å². The number of benzene rings is 1. The Kier molecular flexibility index (Phi) is 3.66. The number of hydrogen-bond donors (Lipinski definition) is 1. The van der Waals surface area contributed by atoms with E-state index in [0.29, 0.717) is 12.5 Å². The van der Waals surface area contributed by atoms with Crippen molar-refractivity contribution in [3.8, 4) is 5.75 Å².